The zero-order valence-corrected chi connectivity index (χ0v) is 10.4. The Hall–Kier alpha value is -1.74. The second-order valence-electron chi connectivity index (χ2n) is 4.26. The normalized spacial score (nSPS) is 14.7. The molecule has 0 aliphatic carbocycles. The van der Waals surface area contributed by atoms with E-state index in [1.54, 1.807) is 0 Å². The average Bonchev–Trinajstić information content (AvgIpc) is 2.39. The Morgan fingerprint density at radius 1 is 1.29 bits per heavy atom. The molecule has 0 saturated heterocycles. The van der Waals surface area contributed by atoms with Crippen molar-refractivity contribution in [2.24, 2.45) is 0 Å². The van der Waals surface area contributed by atoms with Gasteiger partial charge in [0.2, 0.25) is 0 Å². The minimum absolute atomic E-state index is 0.857. The van der Waals surface area contributed by atoms with Crippen molar-refractivity contribution in [1.29, 1.82) is 0 Å². The fraction of sp³-hybridized carbons (Fsp3) is 0.286. The number of nitrogens with zero attached hydrogens (tertiary/aromatic N) is 2. The molecule has 17 heavy (non-hydrogen) atoms. The minimum atomic E-state index is 0.857. The molecule has 0 atom stereocenters. The maximum atomic E-state index is 3.38. The van der Waals surface area contributed by atoms with Crippen LogP contribution in [0, 0.1) is 0 Å². The van der Waals surface area contributed by atoms with E-state index in [2.05, 4.69) is 47.9 Å². The van der Waals surface area contributed by atoms with E-state index in [1.807, 2.05) is 30.3 Å². The standard InChI is InChI=1S/C14H19N3/c1-16-10-8-13(9-11-16)12-15-17(2)14-6-4-3-5-7-14/h3-10,15H,11-12H2,1-2H3. The van der Waals surface area contributed by atoms with Gasteiger partial charge in [-0.15, -0.1) is 0 Å². The van der Waals surface area contributed by atoms with E-state index >= 15 is 0 Å². The van der Waals surface area contributed by atoms with Crippen LogP contribution < -0.4 is 10.4 Å². The molecule has 2 rings (SSSR count). The van der Waals surface area contributed by atoms with Gasteiger partial charge in [0.1, 0.15) is 0 Å². The van der Waals surface area contributed by atoms with Crippen LogP contribution >= 0.6 is 0 Å². The van der Waals surface area contributed by atoms with Crippen molar-refractivity contribution in [2.45, 2.75) is 0 Å². The van der Waals surface area contributed by atoms with Gasteiger partial charge in [0.05, 0.1) is 5.69 Å². The SMILES string of the molecule is CN1C=CC(CNN(C)c2ccccc2)=CC1. The molecule has 1 aliphatic rings. The number of hydrogen-bond acceptors (Lipinski definition) is 3. The lowest BCUT2D eigenvalue weighted by atomic mass is 10.2. The zero-order valence-electron chi connectivity index (χ0n) is 10.4. The lowest BCUT2D eigenvalue weighted by Gasteiger charge is -2.22. The molecule has 0 bridgehead atoms. The number of nitrogens with one attached hydrogen (secondary N) is 1. The molecule has 1 aromatic carbocycles. The van der Waals surface area contributed by atoms with Gasteiger partial charge in [-0.1, -0.05) is 24.3 Å². The van der Waals surface area contributed by atoms with Gasteiger partial charge in [0.25, 0.3) is 0 Å². The number of hydrazine groups is 1. The highest BCUT2D eigenvalue weighted by molar-refractivity contribution is 5.44. The highest BCUT2D eigenvalue weighted by Crippen LogP contribution is 2.09. The molecule has 3 nitrogen and oxygen atoms in total. The van der Waals surface area contributed by atoms with Gasteiger partial charge in [-0.05, 0) is 30.0 Å². The van der Waals surface area contributed by atoms with Crippen molar-refractivity contribution < 1.29 is 0 Å². The molecule has 90 valence electrons. The summed E-state index contributed by atoms with van der Waals surface area (Å²) in [7, 11) is 4.11. The molecule has 0 unspecified atom stereocenters. The van der Waals surface area contributed by atoms with Crippen LogP contribution in [0.1, 0.15) is 0 Å². The van der Waals surface area contributed by atoms with Crippen molar-refractivity contribution in [3.63, 3.8) is 0 Å². The molecule has 1 heterocycles. The third kappa shape index (κ3) is 3.36. The Balaban J connectivity index is 1.85. The van der Waals surface area contributed by atoms with E-state index in [1.165, 1.54) is 11.3 Å². The minimum Gasteiger partial charge on any atom is -0.377 e. The molecule has 1 aliphatic heterocycles. The van der Waals surface area contributed by atoms with E-state index in [9.17, 15) is 0 Å². The predicted molar refractivity (Wildman–Crippen MR) is 72.7 cm³/mol. The molecule has 1 aromatic rings. The Kier molecular flexibility index (Phi) is 3.83. The number of likely N-dealkylation sites (N-methyl/N-ethyl adjacent to an activating group) is 1. The summed E-state index contributed by atoms with van der Waals surface area (Å²) in [5, 5.41) is 2.05. The average molecular weight is 229 g/mol. The molecule has 0 radical (unpaired) electrons. The topological polar surface area (TPSA) is 18.5 Å². The van der Waals surface area contributed by atoms with Crippen LogP contribution in [0.25, 0.3) is 0 Å². The van der Waals surface area contributed by atoms with Gasteiger partial charge in [0.15, 0.2) is 0 Å². The molecule has 0 saturated carbocycles. The summed E-state index contributed by atoms with van der Waals surface area (Å²) >= 11 is 0. The number of rotatable bonds is 4. The Morgan fingerprint density at radius 2 is 2.06 bits per heavy atom. The van der Waals surface area contributed by atoms with Gasteiger partial charge in [0, 0.05) is 27.2 Å². The van der Waals surface area contributed by atoms with Crippen LogP contribution in [0.4, 0.5) is 5.69 Å². The van der Waals surface area contributed by atoms with Crippen LogP contribution in [0.5, 0.6) is 0 Å². The van der Waals surface area contributed by atoms with Crippen LogP contribution in [-0.4, -0.2) is 32.1 Å². The second kappa shape index (κ2) is 5.55. The molecule has 3 heteroatoms. The number of anilines is 1. The third-order valence-electron chi connectivity index (χ3n) is 2.85. The van der Waals surface area contributed by atoms with Crippen LogP contribution in [0.15, 0.2) is 54.3 Å². The zero-order chi connectivity index (χ0) is 12.1. The first-order chi connectivity index (χ1) is 8.25. The summed E-state index contributed by atoms with van der Waals surface area (Å²) in [5.74, 6) is 0. The first-order valence-corrected chi connectivity index (χ1v) is 5.85. The molecule has 0 spiro atoms. The molecule has 0 fully saturated rings. The first kappa shape index (κ1) is 11.7. The van der Waals surface area contributed by atoms with Crippen molar-refractivity contribution in [3.05, 3.63) is 54.3 Å². The predicted octanol–water partition coefficient (Wildman–Crippen LogP) is 2.01. The maximum absolute atomic E-state index is 3.38. The van der Waals surface area contributed by atoms with Crippen molar-refractivity contribution in [3.8, 4) is 0 Å². The van der Waals surface area contributed by atoms with Gasteiger partial charge in [-0.25, -0.2) is 5.43 Å². The van der Waals surface area contributed by atoms with Crippen LogP contribution in [-0.2, 0) is 0 Å². The lowest BCUT2D eigenvalue weighted by Crippen LogP contribution is -2.36. The quantitative estimate of drug-likeness (QED) is 0.797. The fourth-order valence-electron chi connectivity index (χ4n) is 1.70. The summed E-state index contributed by atoms with van der Waals surface area (Å²) in [5.41, 5.74) is 5.87. The van der Waals surface area contributed by atoms with Crippen LogP contribution in [0.3, 0.4) is 0 Å². The molecule has 1 N–H and O–H groups in total. The van der Waals surface area contributed by atoms with Gasteiger partial charge >= 0.3 is 0 Å². The van der Waals surface area contributed by atoms with E-state index in [0.29, 0.717) is 0 Å². The van der Waals surface area contributed by atoms with E-state index in [0.717, 1.165) is 13.1 Å². The van der Waals surface area contributed by atoms with Crippen molar-refractivity contribution in [2.75, 3.05) is 32.2 Å². The maximum Gasteiger partial charge on any atom is 0.0516 e. The van der Waals surface area contributed by atoms with Crippen molar-refractivity contribution in [1.82, 2.24) is 10.3 Å². The largest absolute Gasteiger partial charge is 0.377 e. The Labute approximate surface area is 103 Å². The summed E-state index contributed by atoms with van der Waals surface area (Å²) in [6, 6.07) is 10.3. The smallest absolute Gasteiger partial charge is 0.0516 e. The molecule has 0 aromatic heterocycles. The second-order valence-corrected chi connectivity index (χ2v) is 4.26. The van der Waals surface area contributed by atoms with Gasteiger partial charge < -0.3 is 9.91 Å². The summed E-state index contributed by atoms with van der Waals surface area (Å²) in [4.78, 5) is 2.16. The summed E-state index contributed by atoms with van der Waals surface area (Å²) < 4.78 is 0. The highest BCUT2D eigenvalue weighted by atomic mass is 15.5. The Morgan fingerprint density at radius 3 is 2.71 bits per heavy atom. The number of para-hydroxylation sites is 1. The molecular formula is C14H19N3. The first-order valence-electron chi connectivity index (χ1n) is 5.85. The summed E-state index contributed by atoms with van der Waals surface area (Å²) in [6.45, 7) is 1.85. The highest BCUT2D eigenvalue weighted by Gasteiger charge is 2.02. The number of hydrogen-bond donors (Lipinski definition) is 1. The van der Waals surface area contributed by atoms with Gasteiger partial charge in [-0.2, -0.15) is 0 Å². The molecule has 0 amide bonds. The van der Waals surface area contributed by atoms with Gasteiger partial charge in [-0.3, -0.25) is 0 Å². The Bertz CT molecular complexity index is 409. The van der Waals surface area contributed by atoms with Crippen LogP contribution in [0.2, 0.25) is 0 Å². The van der Waals surface area contributed by atoms with E-state index in [-0.39, 0.29) is 0 Å². The fourth-order valence-corrected chi connectivity index (χ4v) is 1.70. The lowest BCUT2D eigenvalue weighted by molar-refractivity contribution is 0.500. The summed E-state index contributed by atoms with van der Waals surface area (Å²) in [6.07, 6.45) is 6.50. The van der Waals surface area contributed by atoms with Crippen molar-refractivity contribution >= 4 is 5.69 Å². The third-order valence-corrected chi connectivity index (χ3v) is 2.85. The monoisotopic (exact) mass is 229 g/mol. The molecular weight excluding hydrogens is 210 g/mol. The van der Waals surface area contributed by atoms with E-state index < -0.39 is 0 Å². The number of benzene rings is 1. The van der Waals surface area contributed by atoms with E-state index in [4.69, 9.17) is 0 Å².